The number of hydrogen-bond acceptors (Lipinski definition) is 2. The number of carboxylic acids is 1. The van der Waals surface area contributed by atoms with Crippen LogP contribution >= 0.6 is 15.9 Å². The highest BCUT2D eigenvalue weighted by atomic mass is 79.9. The number of rotatable bonds is 4. The highest BCUT2D eigenvalue weighted by Gasteiger charge is 2.36. The van der Waals surface area contributed by atoms with Crippen molar-refractivity contribution >= 4 is 21.9 Å². The van der Waals surface area contributed by atoms with E-state index in [2.05, 4.69) is 15.9 Å². The van der Waals surface area contributed by atoms with E-state index in [1.54, 1.807) is 0 Å². The average Bonchev–Trinajstić information content (AvgIpc) is 2.63. The Hall–Kier alpha value is -1.86. The molecule has 0 spiro atoms. The lowest BCUT2D eigenvalue weighted by molar-refractivity contribution is -0.145. The zero-order valence-electron chi connectivity index (χ0n) is 14.4. The molecule has 2 aromatic carbocycles. The monoisotopic (exact) mass is 441 g/mol. The van der Waals surface area contributed by atoms with E-state index in [0.29, 0.717) is 18.5 Å². The fourth-order valence-electron chi connectivity index (χ4n) is 3.63. The molecule has 2 aromatic rings. The Morgan fingerprint density at radius 1 is 1.11 bits per heavy atom. The van der Waals surface area contributed by atoms with Crippen molar-refractivity contribution in [3.8, 4) is 0 Å². The van der Waals surface area contributed by atoms with Crippen LogP contribution in [0.2, 0.25) is 0 Å². The third-order valence-corrected chi connectivity index (χ3v) is 5.64. The average molecular weight is 442 g/mol. The van der Waals surface area contributed by atoms with E-state index >= 15 is 0 Å². The standard InChI is InChI=1S/C20H19BrF3NO2/c21-16-6-2-1-5-15(16)18(25-12-4-3-7-17(25)19(26)27)13-8-10-14(11-9-13)20(22,23)24/h1-2,5-6,8-11,17-18H,3-4,7,12H2,(H,26,27). The second-order valence-electron chi connectivity index (χ2n) is 6.63. The van der Waals surface area contributed by atoms with Gasteiger partial charge < -0.3 is 5.11 Å². The van der Waals surface area contributed by atoms with Crippen molar-refractivity contribution in [3.05, 3.63) is 69.7 Å². The van der Waals surface area contributed by atoms with Gasteiger partial charge in [-0.1, -0.05) is 52.7 Å². The highest BCUT2D eigenvalue weighted by Crippen LogP contribution is 2.38. The summed E-state index contributed by atoms with van der Waals surface area (Å²) in [5.74, 6) is -0.904. The Morgan fingerprint density at radius 2 is 1.78 bits per heavy atom. The first kappa shape index (κ1) is 19.9. The van der Waals surface area contributed by atoms with E-state index < -0.39 is 29.8 Å². The normalized spacial score (nSPS) is 19.6. The topological polar surface area (TPSA) is 40.5 Å². The van der Waals surface area contributed by atoms with Gasteiger partial charge in [-0.2, -0.15) is 13.2 Å². The number of alkyl halides is 3. The van der Waals surface area contributed by atoms with Gasteiger partial charge in [0, 0.05) is 4.47 Å². The van der Waals surface area contributed by atoms with Crippen molar-refractivity contribution in [1.82, 2.24) is 4.90 Å². The third-order valence-electron chi connectivity index (χ3n) is 4.91. The predicted octanol–water partition coefficient (Wildman–Crippen LogP) is 5.50. The van der Waals surface area contributed by atoms with Crippen molar-refractivity contribution in [2.75, 3.05) is 6.54 Å². The van der Waals surface area contributed by atoms with E-state index in [1.807, 2.05) is 29.2 Å². The molecule has 1 aliphatic rings. The van der Waals surface area contributed by atoms with Crippen LogP contribution in [0.3, 0.4) is 0 Å². The van der Waals surface area contributed by atoms with E-state index in [0.717, 1.165) is 35.0 Å². The molecule has 144 valence electrons. The van der Waals surface area contributed by atoms with Crippen LogP contribution in [-0.4, -0.2) is 28.6 Å². The number of aliphatic carboxylic acids is 1. The number of benzene rings is 2. The molecule has 0 aromatic heterocycles. The second kappa shape index (κ2) is 8.02. The fourth-order valence-corrected chi connectivity index (χ4v) is 4.13. The lowest BCUT2D eigenvalue weighted by Gasteiger charge is -2.40. The predicted molar refractivity (Wildman–Crippen MR) is 99.4 cm³/mol. The Morgan fingerprint density at radius 3 is 2.37 bits per heavy atom. The summed E-state index contributed by atoms with van der Waals surface area (Å²) in [6.07, 6.45) is -2.21. The van der Waals surface area contributed by atoms with E-state index in [1.165, 1.54) is 12.1 Å². The number of carbonyl (C=O) groups is 1. The van der Waals surface area contributed by atoms with Crippen LogP contribution in [0.5, 0.6) is 0 Å². The molecule has 0 saturated carbocycles. The van der Waals surface area contributed by atoms with E-state index in [4.69, 9.17) is 0 Å². The Kier molecular flexibility index (Phi) is 5.91. The van der Waals surface area contributed by atoms with Crippen molar-refractivity contribution in [2.24, 2.45) is 0 Å². The van der Waals surface area contributed by atoms with Crippen molar-refractivity contribution in [1.29, 1.82) is 0 Å². The van der Waals surface area contributed by atoms with Gasteiger partial charge in [-0.05, 0) is 48.7 Å². The van der Waals surface area contributed by atoms with Gasteiger partial charge >= 0.3 is 12.1 Å². The molecule has 3 rings (SSSR count). The summed E-state index contributed by atoms with van der Waals surface area (Å²) in [7, 11) is 0. The molecule has 1 heterocycles. The van der Waals surface area contributed by atoms with Gasteiger partial charge in [0.05, 0.1) is 11.6 Å². The molecule has 0 amide bonds. The minimum atomic E-state index is -4.41. The molecule has 2 atom stereocenters. The van der Waals surface area contributed by atoms with Crippen molar-refractivity contribution in [2.45, 2.75) is 37.5 Å². The van der Waals surface area contributed by atoms with Gasteiger partial charge in [0.1, 0.15) is 6.04 Å². The number of likely N-dealkylation sites (tertiary alicyclic amines) is 1. The second-order valence-corrected chi connectivity index (χ2v) is 7.49. The summed E-state index contributed by atoms with van der Waals surface area (Å²) >= 11 is 3.51. The molecule has 0 radical (unpaired) electrons. The first-order valence-corrected chi connectivity index (χ1v) is 9.48. The largest absolute Gasteiger partial charge is 0.480 e. The summed E-state index contributed by atoms with van der Waals surface area (Å²) in [6.45, 7) is 0.573. The highest BCUT2D eigenvalue weighted by molar-refractivity contribution is 9.10. The number of nitrogens with zero attached hydrogens (tertiary/aromatic N) is 1. The van der Waals surface area contributed by atoms with Crippen LogP contribution < -0.4 is 0 Å². The van der Waals surface area contributed by atoms with Crippen LogP contribution in [0.15, 0.2) is 53.0 Å². The first-order chi connectivity index (χ1) is 12.8. The maximum absolute atomic E-state index is 12.9. The molecular formula is C20H19BrF3NO2. The number of halogens is 4. The summed E-state index contributed by atoms with van der Waals surface area (Å²) in [5, 5.41) is 9.67. The van der Waals surface area contributed by atoms with Gasteiger partial charge in [-0.15, -0.1) is 0 Å². The zero-order chi connectivity index (χ0) is 19.6. The summed E-state index contributed by atoms with van der Waals surface area (Å²) in [6, 6.07) is 11.3. The van der Waals surface area contributed by atoms with Gasteiger partial charge in [0.2, 0.25) is 0 Å². The molecule has 1 N–H and O–H groups in total. The molecule has 3 nitrogen and oxygen atoms in total. The molecule has 1 fully saturated rings. The molecule has 7 heteroatoms. The maximum atomic E-state index is 12.9. The molecule has 0 aliphatic carbocycles. The fraction of sp³-hybridized carbons (Fsp3) is 0.350. The summed E-state index contributed by atoms with van der Waals surface area (Å²) in [4.78, 5) is 13.7. The van der Waals surface area contributed by atoms with Gasteiger partial charge in [0.15, 0.2) is 0 Å². The van der Waals surface area contributed by atoms with Gasteiger partial charge in [-0.25, -0.2) is 0 Å². The van der Waals surface area contributed by atoms with Crippen LogP contribution in [0.1, 0.15) is 42.0 Å². The summed E-state index contributed by atoms with van der Waals surface area (Å²) < 4.78 is 39.6. The smallest absolute Gasteiger partial charge is 0.416 e. The summed E-state index contributed by atoms with van der Waals surface area (Å²) in [5.41, 5.74) is 0.763. The lowest BCUT2D eigenvalue weighted by atomic mass is 9.91. The SMILES string of the molecule is O=C(O)C1CCCCN1C(c1ccc(C(F)(F)F)cc1)c1ccccc1Br. The Balaban J connectivity index is 2.08. The van der Waals surface area contributed by atoms with Crippen LogP contribution in [0, 0.1) is 0 Å². The first-order valence-electron chi connectivity index (χ1n) is 8.69. The number of carboxylic acid groups (broad SMARTS) is 1. The van der Waals surface area contributed by atoms with E-state index in [9.17, 15) is 23.1 Å². The molecule has 1 saturated heterocycles. The Labute approximate surface area is 163 Å². The molecule has 1 aliphatic heterocycles. The molecule has 0 bridgehead atoms. The zero-order valence-corrected chi connectivity index (χ0v) is 16.0. The van der Waals surface area contributed by atoms with Crippen LogP contribution in [0.25, 0.3) is 0 Å². The number of piperidine rings is 1. The minimum absolute atomic E-state index is 0.441. The number of hydrogen-bond donors (Lipinski definition) is 1. The maximum Gasteiger partial charge on any atom is 0.416 e. The minimum Gasteiger partial charge on any atom is -0.480 e. The van der Waals surface area contributed by atoms with E-state index in [-0.39, 0.29) is 0 Å². The van der Waals surface area contributed by atoms with Crippen molar-refractivity contribution < 1.29 is 23.1 Å². The van der Waals surface area contributed by atoms with Crippen molar-refractivity contribution in [3.63, 3.8) is 0 Å². The van der Waals surface area contributed by atoms with Crippen LogP contribution in [-0.2, 0) is 11.0 Å². The Bertz CT molecular complexity index is 808. The van der Waals surface area contributed by atoms with Gasteiger partial charge in [0.25, 0.3) is 0 Å². The quantitative estimate of drug-likeness (QED) is 0.681. The molecule has 27 heavy (non-hydrogen) atoms. The molecule has 2 unspecified atom stereocenters. The lowest BCUT2D eigenvalue weighted by Crippen LogP contribution is -2.46. The third kappa shape index (κ3) is 4.35. The van der Waals surface area contributed by atoms with Crippen LogP contribution in [0.4, 0.5) is 13.2 Å². The van der Waals surface area contributed by atoms with Gasteiger partial charge in [-0.3, -0.25) is 9.69 Å². The molecular weight excluding hydrogens is 423 g/mol.